The normalized spacial score (nSPS) is 12.8. The zero-order valence-electron chi connectivity index (χ0n) is 23.4. The van der Waals surface area contributed by atoms with Crippen molar-refractivity contribution in [1.29, 1.82) is 0 Å². The first-order valence-electron chi connectivity index (χ1n) is 15.3. The van der Waals surface area contributed by atoms with Crippen LogP contribution in [0.2, 0.25) is 0 Å². The van der Waals surface area contributed by atoms with Gasteiger partial charge in [0.05, 0.1) is 17.7 Å². The lowest BCUT2D eigenvalue weighted by molar-refractivity contribution is -0.143. The van der Waals surface area contributed by atoms with Crippen LogP contribution in [0.1, 0.15) is 156 Å². The van der Waals surface area contributed by atoms with Crippen molar-refractivity contribution < 1.29 is 19.1 Å². The fourth-order valence-electron chi connectivity index (χ4n) is 5.07. The van der Waals surface area contributed by atoms with Crippen molar-refractivity contribution in [2.45, 2.75) is 135 Å². The second-order valence-corrected chi connectivity index (χ2v) is 10.6. The highest BCUT2D eigenvalue weighted by Gasteiger charge is 2.34. The van der Waals surface area contributed by atoms with Crippen LogP contribution in [-0.4, -0.2) is 35.8 Å². The summed E-state index contributed by atoms with van der Waals surface area (Å²) in [5, 5.41) is 0. The highest BCUT2D eigenvalue weighted by atomic mass is 16.5. The van der Waals surface area contributed by atoms with Gasteiger partial charge >= 0.3 is 5.97 Å². The molecule has 0 radical (unpaired) electrons. The van der Waals surface area contributed by atoms with Crippen molar-refractivity contribution in [3.63, 3.8) is 0 Å². The zero-order chi connectivity index (χ0) is 26.6. The lowest BCUT2D eigenvalue weighted by Crippen LogP contribution is -2.30. The van der Waals surface area contributed by atoms with Crippen molar-refractivity contribution in [2.75, 3.05) is 13.2 Å². The first-order chi connectivity index (χ1) is 18.1. The predicted molar refractivity (Wildman–Crippen MR) is 151 cm³/mol. The van der Waals surface area contributed by atoms with Gasteiger partial charge in [0.25, 0.3) is 11.8 Å². The SMILES string of the molecule is CCCCCCCCCCCCCCCCCCOC(=O)CCCCCN1C(=O)c2ccccc2C1=O. The topological polar surface area (TPSA) is 63.7 Å². The van der Waals surface area contributed by atoms with Crippen LogP contribution in [0.25, 0.3) is 0 Å². The second kappa shape index (κ2) is 19.9. The number of rotatable bonds is 23. The molecule has 0 spiro atoms. The van der Waals surface area contributed by atoms with Gasteiger partial charge in [0.2, 0.25) is 0 Å². The largest absolute Gasteiger partial charge is 0.466 e. The van der Waals surface area contributed by atoms with Crippen molar-refractivity contribution >= 4 is 17.8 Å². The number of amides is 2. The molecule has 5 heteroatoms. The molecule has 0 saturated heterocycles. The van der Waals surface area contributed by atoms with E-state index in [2.05, 4.69) is 6.92 Å². The summed E-state index contributed by atoms with van der Waals surface area (Å²) in [6.45, 7) is 3.20. The number of carbonyl (C=O) groups is 3. The molecule has 0 N–H and O–H groups in total. The third-order valence-electron chi connectivity index (χ3n) is 7.40. The maximum atomic E-state index is 12.3. The molecule has 5 nitrogen and oxygen atoms in total. The standard InChI is InChI=1S/C32H51NO4/c1-2-3-4-5-6-7-8-9-10-11-12-13-14-15-16-22-27-37-30(34)25-18-17-21-26-33-31(35)28-23-19-20-24-29(28)32(33)36/h19-20,23-24H,2-18,21-22,25-27H2,1H3. The van der Waals surface area contributed by atoms with Gasteiger partial charge in [0.1, 0.15) is 0 Å². The summed E-state index contributed by atoms with van der Waals surface area (Å²) >= 11 is 0. The Kier molecular flexibility index (Phi) is 16.7. The highest BCUT2D eigenvalue weighted by Crippen LogP contribution is 2.23. The molecule has 37 heavy (non-hydrogen) atoms. The van der Waals surface area contributed by atoms with Gasteiger partial charge in [0, 0.05) is 13.0 Å². The number of ether oxygens (including phenoxy) is 1. The Balaban J connectivity index is 1.31. The average molecular weight is 514 g/mol. The molecule has 0 aromatic heterocycles. The quantitative estimate of drug-likeness (QED) is 0.0834. The maximum Gasteiger partial charge on any atom is 0.305 e. The Morgan fingerprint density at radius 2 is 1.05 bits per heavy atom. The number of nitrogens with zero attached hydrogens (tertiary/aromatic N) is 1. The lowest BCUT2D eigenvalue weighted by Gasteiger charge is -2.13. The third kappa shape index (κ3) is 12.8. The smallest absolute Gasteiger partial charge is 0.305 e. The van der Waals surface area contributed by atoms with Crippen molar-refractivity contribution in [3.05, 3.63) is 35.4 Å². The first-order valence-corrected chi connectivity index (χ1v) is 15.3. The molecule has 1 aliphatic heterocycles. The summed E-state index contributed by atoms with van der Waals surface area (Å²) in [5.41, 5.74) is 0.982. The van der Waals surface area contributed by atoms with Gasteiger partial charge in [-0.05, 0) is 31.4 Å². The molecule has 1 heterocycles. The molecule has 0 fully saturated rings. The van der Waals surface area contributed by atoms with E-state index < -0.39 is 0 Å². The van der Waals surface area contributed by atoms with Gasteiger partial charge in [-0.15, -0.1) is 0 Å². The molecule has 1 aromatic carbocycles. The summed E-state index contributed by atoms with van der Waals surface area (Å²) < 4.78 is 5.36. The average Bonchev–Trinajstić information content (AvgIpc) is 3.15. The fourth-order valence-corrected chi connectivity index (χ4v) is 5.07. The zero-order valence-corrected chi connectivity index (χ0v) is 23.4. The Hall–Kier alpha value is -2.17. The van der Waals surface area contributed by atoms with E-state index in [4.69, 9.17) is 4.74 Å². The molecule has 0 atom stereocenters. The Bertz CT molecular complexity index is 756. The molecule has 1 aromatic rings. The van der Waals surface area contributed by atoms with Gasteiger partial charge in [-0.3, -0.25) is 19.3 Å². The molecule has 2 rings (SSSR count). The van der Waals surface area contributed by atoms with Crippen molar-refractivity contribution in [3.8, 4) is 0 Å². The number of hydrogen-bond acceptors (Lipinski definition) is 4. The molecular weight excluding hydrogens is 462 g/mol. The first kappa shape index (κ1) is 31.1. The number of carbonyl (C=O) groups excluding carboxylic acids is 3. The summed E-state index contributed by atoms with van der Waals surface area (Å²) in [5.74, 6) is -0.556. The number of imide groups is 1. The van der Waals surface area contributed by atoms with Gasteiger partial charge in [-0.1, -0.05) is 122 Å². The molecule has 0 aliphatic carbocycles. The van der Waals surface area contributed by atoms with E-state index in [1.54, 1.807) is 24.3 Å². The molecule has 0 saturated carbocycles. The Labute approximate surface area is 225 Å². The van der Waals surface area contributed by atoms with Crippen LogP contribution in [0, 0.1) is 0 Å². The van der Waals surface area contributed by atoms with E-state index in [0.717, 1.165) is 25.7 Å². The number of unbranched alkanes of at least 4 members (excludes halogenated alkanes) is 17. The minimum absolute atomic E-state index is 0.137. The number of esters is 1. The van der Waals surface area contributed by atoms with E-state index in [1.807, 2.05) is 0 Å². The predicted octanol–water partition coefficient (Wildman–Crippen LogP) is 8.65. The van der Waals surface area contributed by atoms with Gasteiger partial charge in [0.15, 0.2) is 0 Å². The number of hydrogen-bond donors (Lipinski definition) is 0. The maximum absolute atomic E-state index is 12.3. The van der Waals surface area contributed by atoms with Crippen LogP contribution < -0.4 is 0 Å². The minimum atomic E-state index is -0.209. The monoisotopic (exact) mass is 513 g/mol. The van der Waals surface area contributed by atoms with Gasteiger partial charge in [-0.2, -0.15) is 0 Å². The van der Waals surface area contributed by atoms with Crippen LogP contribution in [-0.2, 0) is 9.53 Å². The number of benzene rings is 1. The van der Waals surface area contributed by atoms with Crippen molar-refractivity contribution in [2.24, 2.45) is 0 Å². The van der Waals surface area contributed by atoms with E-state index in [9.17, 15) is 14.4 Å². The van der Waals surface area contributed by atoms with E-state index in [-0.39, 0.29) is 17.8 Å². The van der Waals surface area contributed by atoms with E-state index in [1.165, 1.54) is 94.8 Å². The summed E-state index contributed by atoms with van der Waals surface area (Å²) in [4.78, 5) is 37.9. The summed E-state index contributed by atoms with van der Waals surface area (Å²) in [6, 6.07) is 6.95. The highest BCUT2D eigenvalue weighted by molar-refractivity contribution is 6.21. The number of fused-ring (bicyclic) bond motifs is 1. The Morgan fingerprint density at radius 3 is 1.54 bits per heavy atom. The van der Waals surface area contributed by atoms with Gasteiger partial charge < -0.3 is 4.74 Å². The molecule has 1 aliphatic rings. The van der Waals surface area contributed by atoms with Crippen LogP contribution in [0.3, 0.4) is 0 Å². The molecule has 0 unspecified atom stereocenters. The van der Waals surface area contributed by atoms with Crippen LogP contribution in [0.5, 0.6) is 0 Å². The van der Waals surface area contributed by atoms with E-state index >= 15 is 0 Å². The molecule has 2 amide bonds. The lowest BCUT2D eigenvalue weighted by atomic mass is 10.0. The van der Waals surface area contributed by atoms with Crippen LogP contribution in [0.4, 0.5) is 0 Å². The molecular formula is C32H51NO4. The second-order valence-electron chi connectivity index (χ2n) is 10.6. The van der Waals surface area contributed by atoms with Crippen LogP contribution >= 0.6 is 0 Å². The Morgan fingerprint density at radius 1 is 0.622 bits per heavy atom. The van der Waals surface area contributed by atoms with Crippen molar-refractivity contribution in [1.82, 2.24) is 4.90 Å². The minimum Gasteiger partial charge on any atom is -0.466 e. The third-order valence-corrected chi connectivity index (χ3v) is 7.40. The van der Waals surface area contributed by atoms with E-state index in [0.29, 0.717) is 37.1 Å². The molecule has 208 valence electrons. The summed E-state index contributed by atoms with van der Waals surface area (Å²) in [7, 11) is 0. The van der Waals surface area contributed by atoms with Gasteiger partial charge in [-0.25, -0.2) is 0 Å². The van der Waals surface area contributed by atoms with Crippen LogP contribution in [0.15, 0.2) is 24.3 Å². The molecule has 0 bridgehead atoms. The summed E-state index contributed by atoms with van der Waals surface area (Å²) in [6.07, 6.45) is 24.0. The fraction of sp³-hybridized carbons (Fsp3) is 0.719.